The van der Waals surface area contributed by atoms with Crippen LogP contribution in [0.2, 0.25) is 0 Å². The van der Waals surface area contributed by atoms with Gasteiger partial charge in [-0.3, -0.25) is 0 Å². The first-order chi connectivity index (χ1) is 6.52. The third-order valence-electron chi connectivity index (χ3n) is 1.88. The van der Waals surface area contributed by atoms with Crippen LogP contribution < -0.4 is 5.73 Å². The van der Waals surface area contributed by atoms with Crippen molar-refractivity contribution in [1.29, 1.82) is 0 Å². The van der Waals surface area contributed by atoms with Crippen molar-refractivity contribution >= 4 is 27.7 Å². The van der Waals surface area contributed by atoms with E-state index in [1.165, 1.54) is 11.9 Å². The topological polar surface area (TPSA) is 66.6 Å². The molecule has 1 amide bonds. The monoisotopic (exact) mass is 258 g/mol. The lowest BCUT2D eigenvalue weighted by Gasteiger charge is -2.15. The van der Waals surface area contributed by atoms with Crippen LogP contribution in [0, 0.1) is 0 Å². The number of anilines is 1. The van der Waals surface area contributed by atoms with Gasteiger partial charge in [0.15, 0.2) is 0 Å². The average Bonchev–Trinajstić information content (AvgIpc) is 2.11. The Hall–Kier alpha value is -1.23. The van der Waals surface area contributed by atoms with Gasteiger partial charge in [-0.25, -0.2) is 4.79 Å². The summed E-state index contributed by atoms with van der Waals surface area (Å²) in [7, 11) is 1.50. The number of benzene rings is 1. The molecule has 1 aromatic carbocycles. The highest BCUT2D eigenvalue weighted by Gasteiger charge is 2.10. The molecule has 0 saturated heterocycles. The molecule has 14 heavy (non-hydrogen) atoms. The summed E-state index contributed by atoms with van der Waals surface area (Å²) in [6, 6.07) is 5.39. The molecule has 4 nitrogen and oxygen atoms in total. The van der Waals surface area contributed by atoms with E-state index in [-0.39, 0.29) is 6.54 Å². The lowest BCUT2D eigenvalue weighted by atomic mass is 10.2. The molecule has 0 aliphatic rings. The Bertz CT molecular complexity index is 334. The zero-order valence-electron chi connectivity index (χ0n) is 7.70. The Morgan fingerprint density at radius 1 is 1.64 bits per heavy atom. The van der Waals surface area contributed by atoms with Gasteiger partial charge in [0.2, 0.25) is 0 Å². The van der Waals surface area contributed by atoms with E-state index in [1.54, 1.807) is 6.07 Å². The van der Waals surface area contributed by atoms with Crippen molar-refractivity contribution in [2.24, 2.45) is 0 Å². The van der Waals surface area contributed by atoms with Gasteiger partial charge in [-0.15, -0.1) is 0 Å². The van der Waals surface area contributed by atoms with Gasteiger partial charge >= 0.3 is 6.09 Å². The summed E-state index contributed by atoms with van der Waals surface area (Å²) in [4.78, 5) is 11.8. The molecule has 0 saturated carbocycles. The molecule has 76 valence electrons. The van der Waals surface area contributed by atoms with E-state index in [2.05, 4.69) is 15.9 Å². The first kappa shape index (κ1) is 10.8. The van der Waals surface area contributed by atoms with Crippen LogP contribution in [0.3, 0.4) is 0 Å². The Balaban J connectivity index is 2.91. The van der Waals surface area contributed by atoms with Crippen LogP contribution in [-0.2, 0) is 6.54 Å². The molecule has 0 aliphatic carbocycles. The number of carbonyl (C=O) groups is 1. The van der Waals surface area contributed by atoms with Crippen LogP contribution in [0.15, 0.2) is 22.7 Å². The number of hydrogen-bond donors (Lipinski definition) is 2. The van der Waals surface area contributed by atoms with Crippen molar-refractivity contribution in [2.75, 3.05) is 12.8 Å². The largest absolute Gasteiger partial charge is 0.465 e. The number of amides is 1. The van der Waals surface area contributed by atoms with Gasteiger partial charge in [-0.1, -0.05) is 22.0 Å². The van der Waals surface area contributed by atoms with E-state index >= 15 is 0 Å². The van der Waals surface area contributed by atoms with Gasteiger partial charge in [-0.05, 0) is 12.1 Å². The van der Waals surface area contributed by atoms with Crippen LogP contribution in [0.4, 0.5) is 10.5 Å². The predicted octanol–water partition coefficient (Wildman–Crippen LogP) is 2.14. The number of nitrogens with zero attached hydrogens (tertiary/aromatic N) is 1. The molecule has 1 rings (SSSR count). The van der Waals surface area contributed by atoms with Gasteiger partial charge in [0.05, 0.1) is 6.54 Å². The normalized spacial score (nSPS) is 9.86. The number of nitrogens with two attached hydrogens (primary N) is 1. The summed E-state index contributed by atoms with van der Waals surface area (Å²) < 4.78 is 0.825. The summed E-state index contributed by atoms with van der Waals surface area (Å²) >= 11 is 3.33. The van der Waals surface area contributed by atoms with Gasteiger partial charge in [0.1, 0.15) is 0 Å². The van der Waals surface area contributed by atoms with E-state index in [0.29, 0.717) is 5.69 Å². The van der Waals surface area contributed by atoms with Crippen molar-refractivity contribution in [3.8, 4) is 0 Å². The molecule has 5 heteroatoms. The summed E-state index contributed by atoms with van der Waals surface area (Å²) in [6.45, 7) is 0.280. The van der Waals surface area contributed by atoms with Crippen LogP contribution >= 0.6 is 15.9 Å². The molecule has 0 unspecified atom stereocenters. The van der Waals surface area contributed by atoms with Gasteiger partial charge in [-0.2, -0.15) is 0 Å². The fourth-order valence-corrected chi connectivity index (χ4v) is 1.55. The molecule has 0 bridgehead atoms. The Labute approximate surface area is 90.4 Å². The fraction of sp³-hybridized carbons (Fsp3) is 0.222. The highest BCUT2D eigenvalue weighted by Crippen LogP contribution is 2.23. The molecule has 0 atom stereocenters. The summed E-state index contributed by atoms with van der Waals surface area (Å²) in [5, 5.41) is 8.69. The molecule has 0 aromatic heterocycles. The van der Waals surface area contributed by atoms with Gasteiger partial charge in [0, 0.05) is 22.8 Å². The maximum Gasteiger partial charge on any atom is 0.407 e. The first-order valence-corrected chi connectivity index (χ1v) is 4.78. The molecular weight excluding hydrogens is 248 g/mol. The van der Waals surface area contributed by atoms with Crippen molar-refractivity contribution in [3.05, 3.63) is 28.2 Å². The SMILES string of the molecule is CN(Cc1c(N)cccc1Br)C(=O)O. The highest BCUT2D eigenvalue weighted by atomic mass is 79.9. The molecule has 0 aliphatic heterocycles. The van der Waals surface area contributed by atoms with Gasteiger partial charge in [0.25, 0.3) is 0 Å². The van der Waals surface area contributed by atoms with E-state index in [1.807, 2.05) is 12.1 Å². The number of hydrogen-bond acceptors (Lipinski definition) is 2. The summed E-state index contributed by atoms with van der Waals surface area (Å²) in [5.74, 6) is 0. The smallest absolute Gasteiger partial charge is 0.407 e. The summed E-state index contributed by atoms with van der Waals surface area (Å²) in [6.07, 6.45) is -0.972. The molecule has 0 fully saturated rings. The van der Waals surface area contributed by atoms with Crippen LogP contribution in [0.25, 0.3) is 0 Å². The third kappa shape index (κ3) is 2.38. The lowest BCUT2D eigenvalue weighted by Crippen LogP contribution is -2.24. The number of nitrogen functional groups attached to an aromatic ring is 1. The summed E-state index contributed by atoms with van der Waals surface area (Å²) in [5.41, 5.74) is 7.10. The van der Waals surface area contributed by atoms with Crippen molar-refractivity contribution in [1.82, 2.24) is 4.90 Å². The Morgan fingerprint density at radius 3 is 2.79 bits per heavy atom. The quantitative estimate of drug-likeness (QED) is 0.799. The zero-order chi connectivity index (χ0) is 10.7. The van der Waals surface area contributed by atoms with Crippen LogP contribution in [0.5, 0.6) is 0 Å². The average molecular weight is 259 g/mol. The number of rotatable bonds is 2. The molecule has 3 N–H and O–H groups in total. The second-order valence-electron chi connectivity index (χ2n) is 2.95. The molecule has 0 heterocycles. The van der Waals surface area contributed by atoms with Gasteiger partial charge < -0.3 is 15.7 Å². The molecule has 1 aromatic rings. The van der Waals surface area contributed by atoms with E-state index in [9.17, 15) is 4.79 Å². The van der Waals surface area contributed by atoms with Crippen molar-refractivity contribution in [2.45, 2.75) is 6.54 Å². The van der Waals surface area contributed by atoms with Crippen molar-refractivity contribution < 1.29 is 9.90 Å². The second kappa shape index (κ2) is 4.32. The lowest BCUT2D eigenvalue weighted by molar-refractivity contribution is 0.154. The number of carboxylic acid groups (broad SMARTS) is 1. The van der Waals surface area contributed by atoms with Crippen LogP contribution in [-0.4, -0.2) is 23.1 Å². The third-order valence-corrected chi connectivity index (χ3v) is 2.62. The van der Waals surface area contributed by atoms with Crippen molar-refractivity contribution in [3.63, 3.8) is 0 Å². The van der Waals surface area contributed by atoms with E-state index < -0.39 is 6.09 Å². The standard InChI is InChI=1S/C9H11BrN2O2/c1-12(9(13)14)5-6-7(10)3-2-4-8(6)11/h2-4H,5,11H2,1H3,(H,13,14). The minimum atomic E-state index is -0.972. The number of halogens is 1. The second-order valence-corrected chi connectivity index (χ2v) is 3.80. The maximum atomic E-state index is 10.6. The predicted molar refractivity (Wildman–Crippen MR) is 58.0 cm³/mol. The molecular formula is C9H11BrN2O2. The molecule has 0 radical (unpaired) electrons. The maximum absolute atomic E-state index is 10.6. The van der Waals surface area contributed by atoms with E-state index in [4.69, 9.17) is 10.8 Å². The minimum absolute atomic E-state index is 0.280. The zero-order valence-corrected chi connectivity index (χ0v) is 9.28. The molecule has 0 spiro atoms. The fourth-order valence-electron chi connectivity index (χ4n) is 1.05. The first-order valence-electron chi connectivity index (χ1n) is 3.99. The minimum Gasteiger partial charge on any atom is -0.465 e. The van der Waals surface area contributed by atoms with Crippen LogP contribution in [0.1, 0.15) is 5.56 Å². The Morgan fingerprint density at radius 2 is 2.29 bits per heavy atom. The highest BCUT2D eigenvalue weighted by molar-refractivity contribution is 9.10. The Kier molecular flexibility index (Phi) is 3.35. The van der Waals surface area contributed by atoms with E-state index in [0.717, 1.165) is 10.0 Å².